The Bertz CT molecular complexity index is 532. The minimum Gasteiger partial charge on any atom is -0.457 e. The molecule has 0 atom stereocenters. The maximum absolute atomic E-state index is 5.75. The zero-order valence-corrected chi connectivity index (χ0v) is 9.81. The molecule has 0 spiro atoms. The molecule has 2 aromatic rings. The first-order valence-corrected chi connectivity index (χ1v) is 5.60. The summed E-state index contributed by atoms with van der Waals surface area (Å²) in [5, 5.41) is 0. The van der Waals surface area contributed by atoms with Gasteiger partial charge in [-0.2, -0.15) is 0 Å². The molecule has 0 fully saturated rings. The summed E-state index contributed by atoms with van der Waals surface area (Å²) in [6, 6.07) is 17.8. The van der Waals surface area contributed by atoms with Gasteiger partial charge in [0.15, 0.2) is 0 Å². The molecule has 2 aromatic carbocycles. The van der Waals surface area contributed by atoms with E-state index in [9.17, 15) is 0 Å². The molecule has 0 amide bonds. The standard InChI is InChI=1S/C16H14O/c1-2-3-8-14-9-7-12-16(13-14)17-15-10-5-4-6-11-15/h4-7,9-13H,8H2,1H3. The van der Waals surface area contributed by atoms with Crippen LogP contribution >= 0.6 is 0 Å². The molecule has 0 radical (unpaired) electrons. The Hall–Kier alpha value is -2.20. The molecule has 0 N–H and O–H groups in total. The Morgan fingerprint density at radius 1 is 0.941 bits per heavy atom. The van der Waals surface area contributed by atoms with Crippen molar-refractivity contribution in [2.24, 2.45) is 0 Å². The molecule has 0 heterocycles. The van der Waals surface area contributed by atoms with Crippen LogP contribution in [0.3, 0.4) is 0 Å². The third kappa shape index (κ3) is 3.39. The highest BCUT2D eigenvalue weighted by molar-refractivity contribution is 5.35. The molecule has 0 bridgehead atoms. The third-order valence-corrected chi connectivity index (χ3v) is 2.35. The van der Waals surface area contributed by atoms with E-state index in [1.807, 2.05) is 55.5 Å². The van der Waals surface area contributed by atoms with Crippen LogP contribution in [-0.2, 0) is 6.42 Å². The smallest absolute Gasteiger partial charge is 0.127 e. The average molecular weight is 222 g/mol. The normalized spacial score (nSPS) is 9.24. The molecule has 0 aliphatic carbocycles. The van der Waals surface area contributed by atoms with Gasteiger partial charge in [-0.15, -0.1) is 5.92 Å². The Balaban J connectivity index is 2.13. The summed E-state index contributed by atoms with van der Waals surface area (Å²) >= 11 is 0. The van der Waals surface area contributed by atoms with Crippen LogP contribution < -0.4 is 4.74 Å². The number of hydrogen-bond acceptors (Lipinski definition) is 1. The van der Waals surface area contributed by atoms with Crippen LogP contribution in [-0.4, -0.2) is 0 Å². The number of hydrogen-bond donors (Lipinski definition) is 0. The first-order chi connectivity index (χ1) is 8.38. The van der Waals surface area contributed by atoms with E-state index < -0.39 is 0 Å². The molecule has 2 rings (SSSR count). The number of benzene rings is 2. The van der Waals surface area contributed by atoms with Crippen molar-refractivity contribution in [2.75, 3.05) is 0 Å². The fourth-order valence-electron chi connectivity index (χ4n) is 1.53. The number of rotatable bonds is 3. The highest BCUT2D eigenvalue weighted by Crippen LogP contribution is 2.21. The van der Waals surface area contributed by atoms with E-state index >= 15 is 0 Å². The van der Waals surface area contributed by atoms with Gasteiger partial charge in [-0.3, -0.25) is 0 Å². The lowest BCUT2D eigenvalue weighted by molar-refractivity contribution is 0.482. The van der Waals surface area contributed by atoms with Gasteiger partial charge >= 0.3 is 0 Å². The van der Waals surface area contributed by atoms with Gasteiger partial charge in [-0.1, -0.05) is 36.3 Å². The van der Waals surface area contributed by atoms with Crippen molar-refractivity contribution in [3.05, 3.63) is 60.2 Å². The van der Waals surface area contributed by atoms with E-state index in [2.05, 4.69) is 17.9 Å². The summed E-state index contributed by atoms with van der Waals surface area (Å²) in [5.41, 5.74) is 1.17. The summed E-state index contributed by atoms with van der Waals surface area (Å²) in [7, 11) is 0. The van der Waals surface area contributed by atoms with Gasteiger partial charge in [0.1, 0.15) is 11.5 Å². The second-order valence-corrected chi connectivity index (χ2v) is 3.67. The number of para-hydroxylation sites is 1. The molecule has 84 valence electrons. The first-order valence-electron chi connectivity index (χ1n) is 5.60. The van der Waals surface area contributed by atoms with Crippen molar-refractivity contribution in [1.82, 2.24) is 0 Å². The van der Waals surface area contributed by atoms with Crippen molar-refractivity contribution in [1.29, 1.82) is 0 Å². The summed E-state index contributed by atoms with van der Waals surface area (Å²) in [6.07, 6.45) is 0.766. The number of ether oxygens (including phenoxy) is 1. The summed E-state index contributed by atoms with van der Waals surface area (Å²) in [5.74, 6) is 7.65. The third-order valence-electron chi connectivity index (χ3n) is 2.35. The largest absolute Gasteiger partial charge is 0.457 e. The van der Waals surface area contributed by atoms with Crippen LogP contribution in [0.2, 0.25) is 0 Å². The zero-order valence-electron chi connectivity index (χ0n) is 9.81. The molecule has 1 nitrogen and oxygen atoms in total. The molecular weight excluding hydrogens is 208 g/mol. The molecule has 0 aromatic heterocycles. The maximum Gasteiger partial charge on any atom is 0.127 e. The molecule has 0 saturated carbocycles. The Kier molecular flexibility index (Phi) is 3.83. The van der Waals surface area contributed by atoms with E-state index in [0.717, 1.165) is 17.9 Å². The van der Waals surface area contributed by atoms with Crippen molar-refractivity contribution in [3.8, 4) is 23.3 Å². The Morgan fingerprint density at radius 2 is 1.71 bits per heavy atom. The average Bonchev–Trinajstić information content (AvgIpc) is 2.38. The van der Waals surface area contributed by atoms with Crippen LogP contribution in [0.4, 0.5) is 0 Å². The van der Waals surface area contributed by atoms with Gasteiger partial charge in [0.2, 0.25) is 0 Å². The van der Waals surface area contributed by atoms with Gasteiger partial charge in [-0.05, 0) is 36.8 Å². The minimum atomic E-state index is 0.766. The van der Waals surface area contributed by atoms with E-state index in [1.165, 1.54) is 5.56 Å². The van der Waals surface area contributed by atoms with Crippen molar-refractivity contribution in [2.45, 2.75) is 13.3 Å². The summed E-state index contributed by atoms with van der Waals surface area (Å²) in [6.45, 7) is 1.85. The second-order valence-electron chi connectivity index (χ2n) is 3.67. The van der Waals surface area contributed by atoms with Crippen molar-refractivity contribution >= 4 is 0 Å². The monoisotopic (exact) mass is 222 g/mol. The van der Waals surface area contributed by atoms with Crippen molar-refractivity contribution in [3.63, 3.8) is 0 Å². The second kappa shape index (κ2) is 5.77. The SMILES string of the molecule is CC#CCc1cccc(Oc2ccccc2)c1. The van der Waals surface area contributed by atoms with E-state index in [0.29, 0.717) is 0 Å². The van der Waals surface area contributed by atoms with Crippen LogP contribution in [0.1, 0.15) is 12.5 Å². The topological polar surface area (TPSA) is 9.23 Å². The fraction of sp³-hybridized carbons (Fsp3) is 0.125. The molecule has 0 unspecified atom stereocenters. The van der Waals surface area contributed by atoms with Crippen molar-refractivity contribution < 1.29 is 4.74 Å². The van der Waals surface area contributed by atoms with Crippen LogP contribution in [0.25, 0.3) is 0 Å². The van der Waals surface area contributed by atoms with Gasteiger partial charge in [0.25, 0.3) is 0 Å². The lowest BCUT2D eigenvalue weighted by Gasteiger charge is -2.06. The lowest BCUT2D eigenvalue weighted by Crippen LogP contribution is -1.86. The van der Waals surface area contributed by atoms with Gasteiger partial charge in [0, 0.05) is 6.42 Å². The highest BCUT2D eigenvalue weighted by atomic mass is 16.5. The predicted molar refractivity (Wildman–Crippen MR) is 70.1 cm³/mol. The molecule has 17 heavy (non-hydrogen) atoms. The predicted octanol–water partition coefficient (Wildman–Crippen LogP) is 4.04. The van der Waals surface area contributed by atoms with Crippen LogP contribution in [0.15, 0.2) is 54.6 Å². The van der Waals surface area contributed by atoms with Gasteiger partial charge in [-0.25, -0.2) is 0 Å². The molecule has 0 aliphatic heterocycles. The minimum absolute atomic E-state index is 0.766. The van der Waals surface area contributed by atoms with Gasteiger partial charge < -0.3 is 4.74 Å². The quantitative estimate of drug-likeness (QED) is 0.712. The molecule has 0 aliphatic rings. The maximum atomic E-state index is 5.75. The van der Waals surface area contributed by atoms with E-state index in [4.69, 9.17) is 4.74 Å². The highest BCUT2D eigenvalue weighted by Gasteiger charge is 1.97. The van der Waals surface area contributed by atoms with E-state index in [1.54, 1.807) is 0 Å². The fourth-order valence-corrected chi connectivity index (χ4v) is 1.53. The lowest BCUT2D eigenvalue weighted by atomic mass is 10.1. The van der Waals surface area contributed by atoms with Crippen LogP contribution in [0, 0.1) is 11.8 Å². The summed E-state index contributed by atoms with van der Waals surface area (Å²) < 4.78 is 5.75. The zero-order chi connectivity index (χ0) is 11.9. The Morgan fingerprint density at radius 3 is 2.47 bits per heavy atom. The molecule has 0 saturated heterocycles. The molecule has 1 heteroatoms. The van der Waals surface area contributed by atoms with E-state index in [-0.39, 0.29) is 0 Å². The van der Waals surface area contributed by atoms with Crippen LogP contribution in [0.5, 0.6) is 11.5 Å². The van der Waals surface area contributed by atoms with Gasteiger partial charge in [0.05, 0.1) is 0 Å². The molecular formula is C16H14O. The summed E-state index contributed by atoms with van der Waals surface area (Å²) in [4.78, 5) is 0. The first kappa shape index (κ1) is 11.3. The Labute approximate surface area is 102 Å².